The quantitative estimate of drug-likeness (QED) is 0.187. The van der Waals surface area contributed by atoms with Gasteiger partial charge < -0.3 is 0 Å². The highest BCUT2D eigenvalue weighted by molar-refractivity contribution is 7.40. The van der Waals surface area contributed by atoms with Crippen molar-refractivity contribution in [3.05, 3.63) is 108 Å². The van der Waals surface area contributed by atoms with Crippen LogP contribution in [-0.4, -0.2) is 6.16 Å². The van der Waals surface area contributed by atoms with Crippen LogP contribution in [0, 0.1) is 0 Å². The smallest absolute Gasteiger partial charge is 0.0438 e. The Kier molecular flexibility index (Phi) is 9.83. The van der Waals surface area contributed by atoms with E-state index < -0.39 is 0 Å². The molecule has 0 heterocycles. The summed E-state index contributed by atoms with van der Waals surface area (Å²) in [5.74, 6) is 0.418. The van der Waals surface area contributed by atoms with E-state index in [1.54, 1.807) is 0 Å². The average molecular weight is 431 g/mol. The molecule has 164 valence electrons. The van der Waals surface area contributed by atoms with E-state index in [0.717, 1.165) is 8.58 Å². The van der Waals surface area contributed by atoms with Gasteiger partial charge in [0.1, 0.15) is 0 Å². The molecule has 31 heavy (non-hydrogen) atoms. The molecule has 2 atom stereocenters. The monoisotopic (exact) mass is 430 g/mol. The first kappa shape index (κ1) is 23.7. The molecule has 3 aromatic carbocycles. The van der Waals surface area contributed by atoms with Crippen molar-refractivity contribution in [2.24, 2.45) is 0 Å². The zero-order valence-corrected chi connectivity index (χ0v) is 20.4. The molecule has 0 N–H and O–H groups in total. The van der Waals surface area contributed by atoms with Gasteiger partial charge in [0, 0.05) is 5.16 Å². The fraction of sp³-hybridized carbons (Fsp3) is 0.400. The first-order valence-corrected chi connectivity index (χ1v) is 13.4. The minimum Gasteiger partial charge on any atom is -0.106 e. The fourth-order valence-electron chi connectivity index (χ4n) is 4.79. The SMILES string of the molecule is CCCCCCCCCPC(c1ccccc1)(c1ccccc1)C(C)c1ccccc1. The van der Waals surface area contributed by atoms with Crippen LogP contribution in [0.2, 0.25) is 0 Å². The maximum absolute atomic E-state index is 2.44. The molecule has 0 aromatic heterocycles. The maximum atomic E-state index is 2.44. The van der Waals surface area contributed by atoms with Crippen LogP contribution in [-0.2, 0) is 5.16 Å². The Labute approximate surface area is 192 Å². The molecule has 0 aliphatic rings. The number of benzene rings is 3. The third kappa shape index (κ3) is 6.30. The molecular weight excluding hydrogens is 391 g/mol. The summed E-state index contributed by atoms with van der Waals surface area (Å²) in [7, 11) is 0.867. The fourth-order valence-corrected chi connectivity index (χ4v) is 6.82. The molecule has 0 saturated heterocycles. The van der Waals surface area contributed by atoms with Crippen molar-refractivity contribution >= 4 is 8.58 Å². The van der Waals surface area contributed by atoms with Crippen molar-refractivity contribution in [1.82, 2.24) is 0 Å². The van der Waals surface area contributed by atoms with Gasteiger partial charge in [-0.3, -0.25) is 0 Å². The Morgan fingerprint density at radius 3 is 1.58 bits per heavy atom. The molecule has 0 radical (unpaired) electrons. The highest BCUT2D eigenvalue weighted by Crippen LogP contribution is 2.56. The van der Waals surface area contributed by atoms with E-state index in [1.165, 1.54) is 67.8 Å². The van der Waals surface area contributed by atoms with Crippen LogP contribution in [0.1, 0.15) is 81.4 Å². The second-order valence-corrected chi connectivity index (χ2v) is 10.4. The molecule has 0 aliphatic heterocycles. The molecule has 0 bridgehead atoms. The first-order valence-electron chi connectivity index (χ1n) is 12.2. The minimum absolute atomic E-state index is 0.0199. The Bertz CT molecular complexity index is 802. The van der Waals surface area contributed by atoms with Crippen LogP contribution in [0.5, 0.6) is 0 Å². The Hall–Kier alpha value is -1.91. The van der Waals surface area contributed by atoms with Crippen molar-refractivity contribution in [1.29, 1.82) is 0 Å². The zero-order valence-electron chi connectivity index (χ0n) is 19.4. The van der Waals surface area contributed by atoms with Gasteiger partial charge in [0.05, 0.1) is 0 Å². The highest BCUT2D eigenvalue weighted by Gasteiger charge is 2.39. The van der Waals surface area contributed by atoms with Crippen LogP contribution in [0.15, 0.2) is 91.0 Å². The second kappa shape index (κ2) is 12.8. The van der Waals surface area contributed by atoms with Crippen LogP contribution in [0.25, 0.3) is 0 Å². The van der Waals surface area contributed by atoms with Crippen molar-refractivity contribution in [2.45, 2.75) is 69.9 Å². The first-order chi connectivity index (χ1) is 15.3. The van der Waals surface area contributed by atoms with Gasteiger partial charge in [0.25, 0.3) is 0 Å². The second-order valence-electron chi connectivity index (χ2n) is 8.72. The van der Waals surface area contributed by atoms with Gasteiger partial charge in [-0.1, -0.05) is 143 Å². The van der Waals surface area contributed by atoms with Crippen molar-refractivity contribution in [3.63, 3.8) is 0 Å². The predicted molar refractivity (Wildman–Crippen MR) is 140 cm³/mol. The van der Waals surface area contributed by atoms with E-state index in [1.807, 2.05) is 0 Å². The standard InChI is InChI=1S/C30H39P/c1-3-4-5-6-7-8-18-25-31-30(28-21-14-10-15-22-28,29-23-16-11-17-24-29)26(2)27-19-12-9-13-20-27/h9-17,19-24,26,31H,3-8,18,25H2,1-2H3. The molecule has 3 aromatic rings. The van der Waals surface area contributed by atoms with Gasteiger partial charge in [0.2, 0.25) is 0 Å². The lowest BCUT2D eigenvalue weighted by atomic mass is 9.77. The molecule has 0 amide bonds. The van der Waals surface area contributed by atoms with E-state index in [4.69, 9.17) is 0 Å². The molecule has 2 unspecified atom stereocenters. The summed E-state index contributed by atoms with van der Waals surface area (Å²) in [4.78, 5) is 0. The number of rotatable bonds is 13. The van der Waals surface area contributed by atoms with Gasteiger partial charge in [-0.2, -0.15) is 0 Å². The third-order valence-electron chi connectivity index (χ3n) is 6.59. The van der Waals surface area contributed by atoms with Gasteiger partial charge >= 0.3 is 0 Å². The summed E-state index contributed by atoms with van der Waals surface area (Å²) in [5.41, 5.74) is 4.35. The van der Waals surface area contributed by atoms with E-state index >= 15 is 0 Å². The number of hydrogen-bond acceptors (Lipinski definition) is 0. The molecule has 0 saturated carbocycles. The lowest BCUT2D eigenvalue weighted by molar-refractivity contribution is 0.588. The summed E-state index contributed by atoms with van der Waals surface area (Å²) in [5, 5.41) is 0.0199. The lowest BCUT2D eigenvalue weighted by Crippen LogP contribution is -2.29. The summed E-state index contributed by atoms with van der Waals surface area (Å²) in [6.45, 7) is 4.73. The topological polar surface area (TPSA) is 0 Å². The largest absolute Gasteiger partial charge is 0.106 e. The van der Waals surface area contributed by atoms with Crippen molar-refractivity contribution < 1.29 is 0 Å². The van der Waals surface area contributed by atoms with Gasteiger partial charge in [-0.25, -0.2) is 0 Å². The summed E-state index contributed by atoms with van der Waals surface area (Å²) < 4.78 is 0. The Morgan fingerprint density at radius 2 is 1.06 bits per heavy atom. The Morgan fingerprint density at radius 1 is 0.613 bits per heavy atom. The molecule has 0 nitrogen and oxygen atoms in total. The molecule has 1 heteroatoms. The van der Waals surface area contributed by atoms with E-state index in [2.05, 4.69) is 105 Å². The van der Waals surface area contributed by atoms with Crippen LogP contribution < -0.4 is 0 Å². The molecule has 0 aliphatic carbocycles. The Balaban J connectivity index is 1.87. The molecule has 3 rings (SSSR count). The number of unbranched alkanes of at least 4 members (excludes halogenated alkanes) is 6. The maximum Gasteiger partial charge on any atom is 0.0438 e. The number of hydrogen-bond donors (Lipinski definition) is 0. The van der Waals surface area contributed by atoms with Gasteiger partial charge in [-0.05, 0) is 35.2 Å². The molecule has 0 spiro atoms. The van der Waals surface area contributed by atoms with E-state index in [0.29, 0.717) is 5.92 Å². The predicted octanol–water partition coefficient (Wildman–Crippen LogP) is 9.16. The summed E-state index contributed by atoms with van der Waals surface area (Å²) in [6.07, 6.45) is 10.9. The minimum atomic E-state index is 0.0199. The lowest BCUT2D eigenvalue weighted by Gasteiger charge is -2.41. The van der Waals surface area contributed by atoms with Crippen LogP contribution in [0.4, 0.5) is 0 Å². The molecular formula is C30H39P. The van der Waals surface area contributed by atoms with Crippen molar-refractivity contribution in [2.75, 3.05) is 6.16 Å². The van der Waals surface area contributed by atoms with Crippen LogP contribution >= 0.6 is 8.58 Å². The van der Waals surface area contributed by atoms with E-state index in [9.17, 15) is 0 Å². The molecule has 0 fully saturated rings. The normalized spacial score (nSPS) is 13.0. The van der Waals surface area contributed by atoms with E-state index in [-0.39, 0.29) is 5.16 Å². The highest BCUT2D eigenvalue weighted by atomic mass is 31.1. The summed E-state index contributed by atoms with van der Waals surface area (Å²) >= 11 is 0. The zero-order chi connectivity index (χ0) is 21.8. The third-order valence-corrected chi connectivity index (χ3v) is 8.76. The van der Waals surface area contributed by atoms with Crippen LogP contribution in [0.3, 0.4) is 0 Å². The van der Waals surface area contributed by atoms with Gasteiger partial charge in [0.15, 0.2) is 0 Å². The van der Waals surface area contributed by atoms with Gasteiger partial charge in [-0.15, -0.1) is 8.58 Å². The summed E-state index contributed by atoms with van der Waals surface area (Å²) in [6, 6.07) is 33.7. The van der Waals surface area contributed by atoms with Crippen molar-refractivity contribution in [3.8, 4) is 0 Å². The average Bonchev–Trinajstić information content (AvgIpc) is 2.84.